The summed E-state index contributed by atoms with van der Waals surface area (Å²) in [4.78, 5) is 20.8. The van der Waals surface area contributed by atoms with E-state index in [1.807, 2.05) is 0 Å². The van der Waals surface area contributed by atoms with Crippen LogP contribution in [0.1, 0.15) is 13.3 Å². The lowest BCUT2D eigenvalue weighted by atomic mass is 10.3. The molecule has 0 heterocycles. The molecule has 0 saturated heterocycles. The maximum atomic E-state index is 10.5. The van der Waals surface area contributed by atoms with Gasteiger partial charge in [0.25, 0.3) is 0 Å². The van der Waals surface area contributed by atoms with Crippen LogP contribution in [-0.2, 0) is 14.3 Å². The van der Waals surface area contributed by atoms with Crippen molar-refractivity contribution in [1.82, 2.24) is 0 Å². The molecule has 0 aromatic rings. The largest absolute Gasteiger partial charge is 0.461 e. The average Bonchev–Trinajstić information content (AvgIpc) is 1.82. The first-order valence-electron chi connectivity index (χ1n) is 2.92. The predicted octanol–water partition coefficient (Wildman–Crippen LogP) is 1.12. The van der Waals surface area contributed by atoms with Gasteiger partial charge in [0.15, 0.2) is 0 Å². The first-order chi connectivity index (χ1) is 4.66. The molecule has 0 aliphatic heterocycles. The lowest BCUT2D eigenvalue weighted by Gasteiger charge is -1.96. The van der Waals surface area contributed by atoms with Gasteiger partial charge in [0, 0.05) is 0 Å². The highest BCUT2D eigenvalue weighted by Crippen LogP contribution is 1.87. The van der Waals surface area contributed by atoms with Gasteiger partial charge in [-0.3, -0.25) is 9.59 Å². The van der Waals surface area contributed by atoms with Crippen molar-refractivity contribution in [2.75, 3.05) is 6.61 Å². The molecule has 64 valence electrons. The molecule has 0 amide bonds. The summed E-state index contributed by atoms with van der Waals surface area (Å²) in [5.74, 6) is -0.679. The quantitative estimate of drug-likeness (QED) is 0.368. The van der Waals surface area contributed by atoms with Gasteiger partial charge in [-0.1, -0.05) is 12.7 Å². The Bertz CT molecular complexity index is 154. The second-order valence-electron chi connectivity index (χ2n) is 1.85. The van der Waals surface area contributed by atoms with Crippen LogP contribution in [0.4, 0.5) is 0 Å². The van der Waals surface area contributed by atoms with E-state index in [4.69, 9.17) is 0 Å². The van der Waals surface area contributed by atoms with Crippen LogP contribution in [-0.4, -0.2) is 18.4 Å². The fourth-order valence-corrected chi connectivity index (χ4v) is 0.406. The molecule has 0 aliphatic carbocycles. The number of hydrogen-bond donors (Lipinski definition) is 0. The highest BCUT2D eigenvalue weighted by molar-refractivity contribution is 5.94. The minimum absolute atomic E-state index is 0. The number of hydrogen-bond acceptors (Lipinski definition) is 3. The van der Waals surface area contributed by atoms with Gasteiger partial charge in [0.1, 0.15) is 18.8 Å². The van der Waals surface area contributed by atoms with Gasteiger partial charge >= 0.3 is 5.97 Å². The number of ether oxygens (including phenoxy) is 1. The van der Waals surface area contributed by atoms with Crippen LogP contribution in [0.25, 0.3) is 0 Å². The summed E-state index contributed by atoms with van der Waals surface area (Å²) in [5, 5.41) is 0. The van der Waals surface area contributed by atoms with Crippen molar-refractivity contribution in [3.8, 4) is 0 Å². The van der Waals surface area contributed by atoms with Crippen molar-refractivity contribution in [2.45, 2.75) is 13.3 Å². The molecular weight excluding hydrogens is 168 g/mol. The molecule has 0 spiro atoms. The maximum Gasteiger partial charge on any atom is 0.313 e. The van der Waals surface area contributed by atoms with Gasteiger partial charge in [-0.05, 0) is 6.92 Å². The molecule has 0 bridgehead atoms. The Balaban J connectivity index is 0. The lowest BCUT2D eigenvalue weighted by molar-refractivity contribution is -0.144. The molecule has 0 aromatic carbocycles. The van der Waals surface area contributed by atoms with Crippen molar-refractivity contribution in [3.05, 3.63) is 12.7 Å². The van der Waals surface area contributed by atoms with Crippen LogP contribution < -0.4 is 0 Å². The summed E-state index contributed by atoms with van der Waals surface area (Å²) < 4.78 is 4.52. The Labute approximate surface area is 71.8 Å². The van der Waals surface area contributed by atoms with Crippen molar-refractivity contribution >= 4 is 24.2 Å². The number of halogens is 1. The van der Waals surface area contributed by atoms with E-state index in [1.165, 1.54) is 13.0 Å². The fourth-order valence-electron chi connectivity index (χ4n) is 0.406. The number of Topliss-reactive ketones (excluding diaryl/α,β-unsaturated/α-hetero) is 1. The molecule has 0 radical (unpaired) electrons. The molecular formula is C7H11ClO3. The molecule has 0 saturated carbocycles. The number of esters is 1. The van der Waals surface area contributed by atoms with Crippen molar-refractivity contribution in [1.29, 1.82) is 0 Å². The summed E-state index contributed by atoms with van der Waals surface area (Å²) in [6.07, 6.45) is 1.31. The second-order valence-corrected chi connectivity index (χ2v) is 1.85. The Kier molecular flexibility index (Phi) is 8.48. The zero-order valence-corrected chi connectivity index (χ0v) is 7.15. The van der Waals surface area contributed by atoms with Gasteiger partial charge in [-0.2, -0.15) is 0 Å². The van der Waals surface area contributed by atoms with E-state index < -0.39 is 5.97 Å². The van der Waals surface area contributed by atoms with Gasteiger partial charge in [-0.25, -0.2) is 0 Å². The third-order valence-electron chi connectivity index (χ3n) is 0.755. The van der Waals surface area contributed by atoms with E-state index in [0.29, 0.717) is 0 Å². The van der Waals surface area contributed by atoms with E-state index in [9.17, 15) is 9.59 Å². The molecule has 4 heteroatoms. The number of ketones is 1. The average molecular weight is 179 g/mol. The van der Waals surface area contributed by atoms with Gasteiger partial charge in [0.05, 0.1) is 0 Å². The van der Waals surface area contributed by atoms with Crippen molar-refractivity contribution in [3.63, 3.8) is 0 Å². The van der Waals surface area contributed by atoms with Crippen molar-refractivity contribution in [2.24, 2.45) is 0 Å². The van der Waals surface area contributed by atoms with E-state index >= 15 is 0 Å². The predicted molar refractivity (Wildman–Crippen MR) is 43.7 cm³/mol. The standard InChI is InChI=1S/C7H10O3.ClH/c1-3-4-10-7(9)5-6(2)8;/h3H,1,4-5H2,2H3;1H. The molecule has 0 atom stereocenters. The minimum Gasteiger partial charge on any atom is -0.461 e. The number of rotatable bonds is 4. The first kappa shape index (κ1) is 12.8. The number of carbonyl (C=O) groups excluding carboxylic acids is 2. The van der Waals surface area contributed by atoms with Crippen LogP contribution in [0.15, 0.2) is 12.7 Å². The van der Waals surface area contributed by atoms with E-state index in [0.717, 1.165) is 0 Å². The van der Waals surface area contributed by atoms with E-state index in [1.54, 1.807) is 0 Å². The first-order valence-corrected chi connectivity index (χ1v) is 2.92. The Morgan fingerprint density at radius 1 is 1.55 bits per heavy atom. The van der Waals surface area contributed by atoms with E-state index in [-0.39, 0.29) is 31.2 Å². The molecule has 0 fully saturated rings. The maximum absolute atomic E-state index is 10.5. The smallest absolute Gasteiger partial charge is 0.313 e. The highest BCUT2D eigenvalue weighted by Gasteiger charge is 2.03. The van der Waals surface area contributed by atoms with Gasteiger partial charge in [-0.15, -0.1) is 12.4 Å². The SMILES string of the molecule is C=CCOC(=O)CC(C)=O.Cl. The molecule has 0 rings (SSSR count). The normalized spacial score (nSPS) is 7.73. The Morgan fingerprint density at radius 2 is 2.09 bits per heavy atom. The molecule has 0 aliphatic rings. The molecule has 0 unspecified atom stereocenters. The third-order valence-corrected chi connectivity index (χ3v) is 0.755. The van der Waals surface area contributed by atoms with Crippen LogP contribution in [0.3, 0.4) is 0 Å². The van der Waals surface area contributed by atoms with Crippen LogP contribution in [0, 0.1) is 0 Å². The van der Waals surface area contributed by atoms with Crippen LogP contribution in [0.5, 0.6) is 0 Å². The van der Waals surface area contributed by atoms with E-state index in [2.05, 4.69) is 11.3 Å². The molecule has 11 heavy (non-hydrogen) atoms. The minimum atomic E-state index is -0.493. The van der Waals surface area contributed by atoms with Crippen molar-refractivity contribution < 1.29 is 14.3 Å². The lowest BCUT2D eigenvalue weighted by Crippen LogP contribution is -2.08. The van der Waals surface area contributed by atoms with Crippen LogP contribution >= 0.6 is 12.4 Å². The fraction of sp³-hybridized carbons (Fsp3) is 0.429. The summed E-state index contributed by atoms with van der Waals surface area (Å²) in [7, 11) is 0. The summed E-state index contributed by atoms with van der Waals surface area (Å²) in [6, 6.07) is 0. The highest BCUT2D eigenvalue weighted by atomic mass is 35.5. The third kappa shape index (κ3) is 9.17. The zero-order chi connectivity index (χ0) is 7.98. The number of carbonyl (C=O) groups is 2. The summed E-state index contributed by atoms with van der Waals surface area (Å²) in [5.41, 5.74) is 0. The monoisotopic (exact) mass is 178 g/mol. The Hall–Kier alpha value is -0.830. The molecule has 3 nitrogen and oxygen atoms in total. The second kappa shape index (κ2) is 7.28. The molecule has 0 aromatic heterocycles. The summed E-state index contributed by atoms with van der Waals surface area (Å²) in [6.45, 7) is 4.86. The Morgan fingerprint density at radius 3 is 2.45 bits per heavy atom. The van der Waals surface area contributed by atoms with Gasteiger partial charge in [0.2, 0.25) is 0 Å². The van der Waals surface area contributed by atoms with Gasteiger partial charge < -0.3 is 4.74 Å². The summed E-state index contributed by atoms with van der Waals surface area (Å²) >= 11 is 0. The zero-order valence-electron chi connectivity index (χ0n) is 6.33. The topological polar surface area (TPSA) is 43.4 Å². The molecule has 0 N–H and O–H groups in total. The van der Waals surface area contributed by atoms with Crippen LogP contribution in [0.2, 0.25) is 0 Å².